The molecular weight excluding hydrogens is 254 g/mol. The van der Waals surface area contributed by atoms with Crippen molar-refractivity contribution in [2.75, 3.05) is 6.54 Å². The molecule has 4 rings (SSSR count). The molecule has 1 N–H and O–H groups in total. The summed E-state index contributed by atoms with van der Waals surface area (Å²) in [6.45, 7) is 3.44. The Labute approximate surface area is 129 Å². The molecule has 1 aromatic rings. The van der Waals surface area contributed by atoms with Gasteiger partial charge in [0.15, 0.2) is 0 Å². The van der Waals surface area contributed by atoms with Crippen LogP contribution in [0, 0.1) is 17.8 Å². The normalized spacial score (nSPS) is 32.5. The zero-order chi connectivity index (χ0) is 14.2. The van der Waals surface area contributed by atoms with Crippen molar-refractivity contribution in [1.29, 1.82) is 0 Å². The Balaban J connectivity index is 1.53. The molecule has 0 saturated heterocycles. The predicted octanol–water partition coefficient (Wildman–Crippen LogP) is 5.04. The van der Waals surface area contributed by atoms with Crippen LogP contribution in [0.5, 0.6) is 0 Å². The molecule has 0 radical (unpaired) electrons. The lowest BCUT2D eigenvalue weighted by atomic mass is 9.78. The first-order chi connectivity index (χ1) is 10.3. The minimum atomic E-state index is 0.609. The van der Waals surface area contributed by atoms with Crippen LogP contribution in [-0.2, 0) is 0 Å². The van der Waals surface area contributed by atoms with Gasteiger partial charge in [-0.3, -0.25) is 0 Å². The summed E-state index contributed by atoms with van der Waals surface area (Å²) in [7, 11) is 0. The van der Waals surface area contributed by atoms with Crippen molar-refractivity contribution in [3.8, 4) is 0 Å². The van der Waals surface area contributed by atoms with Crippen LogP contribution in [0.15, 0.2) is 24.3 Å². The van der Waals surface area contributed by atoms with Crippen LogP contribution in [0.1, 0.15) is 75.0 Å². The van der Waals surface area contributed by atoms with E-state index < -0.39 is 0 Å². The molecule has 0 aromatic heterocycles. The van der Waals surface area contributed by atoms with E-state index in [0.29, 0.717) is 6.04 Å². The summed E-state index contributed by atoms with van der Waals surface area (Å²) in [5, 5.41) is 3.87. The highest BCUT2D eigenvalue weighted by Crippen LogP contribution is 2.57. The van der Waals surface area contributed by atoms with Crippen LogP contribution >= 0.6 is 0 Å². The zero-order valence-corrected chi connectivity index (χ0v) is 13.4. The van der Waals surface area contributed by atoms with E-state index in [9.17, 15) is 0 Å². The Hall–Kier alpha value is -0.820. The first-order valence-corrected chi connectivity index (χ1v) is 9.18. The monoisotopic (exact) mass is 283 g/mol. The van der Waals surface area contributed by atoms with Crippen molar-refractivity contribution in [3.05, 3.63) is 35.4 Å². The molecular formula is C20H29N. The van der Waals surface area contributed by atoms with Crippen molar-refractivity contribution in [1.82, 2.24) is 5.32 Å². The highest BCUT2D eigenvalue weighted by atomic mass is 14.9. The van der Waals surface area contributed by atoms with Gasteiger partial charge >= 0.3 is 0 Å². The standard InChI is InChI=1S/C20H29N/c1-2-9-21-20(19-12-17-11-18(17)13-19)16-8-4-7-15(10-16)14-5-3-6-14/h4,7-8,10,14,17-21H,2-3,5-6,9,11-13H2,1H3. The molecule has 3 aliphatic rings. The van der Waals surface area contributed by atoms with Crippen molar-refractivity contribution in [2.45, 2.75) is 63.8 Å². The molecule has 0 heterocycles. The van der Waals surface area contributed by atoms with Crippen LogP contribution in [0.25, 0.3) is 0 Å². The zero-order valence-electron chi connectivity index (χ0n) is 13.4. The summed E-state index contributed by atoms with van der Waals surface area (Å²) in [5.74, 6) is 3.90. The maximum atomic E-state index is 3.87. The average molecular weight is 283 g/mol. The van der Waals surface area contributed by atoms with Crippen LogP contribution in [-0.4, -0.2) is 6.54 Å². The molecule has 3 atom stereocenters. The smallest absolute Gasteiger partial charge is 0.0348 e. The van der Waals surface area contributed by atoms with Gasteiger partial charge in [0, 0.05) is 6.04 Å². The molecule has 3 unspecified atom stereocenters. The number of hydrogen-bond acceptors (Lipinski definition) is 1. The topological polar surface area (TPSA) is 12.0 Å². The van der Waals surface area contributed by atoms with Gasteiger partial charge in [0.05, 0.1) is 0 Å². The van der Waals surface area contributed by atoms with Gasteiger partial charge in [-0.15, -0.1) is 0 Å². The summed E-state index contributed by atoms with van der Waals surface area (Å²) in [6.07, 6.45) is 9.95. The van der Waals surface area contributed by atoms with E-state index in [2.05, 4.69) is 36.5 Å². The molecule has 0 amide bonds. The Kier molecular flexibility index (Phi) is 3.79. The predicted molar refractivity (Wildman–Crippen MR) is 88.4 cm³/mol. The SMILES string of the molecule is CCCNC(c1cccc(C2CCC2)c1)C1CC2CC2C1. The lowest BCUT2D eigenvalue weighted by Crippen LogP contribution is -2.28. The third kappa shape index (κ3) is 2.77. The van der Waals surface area contributed by atoms with Crippen LogP contribution in [0.2, 0.25) is 0 Å². The Morgan fingerprint density at radius 3 is 2.62 bits per heavy atom. The Bertz CT molecular complexity index is 480. The largest absolute Gasteiger partial charge is 0.310 e. The maximum Gasteiger partial charge on any atom is 0.0348 e. The van der Waals surface area contributed by atoms with E-state index in [-0.39, 0.29) is 0 Å². The number of rotatable bonds is 6. The number of benzene rings is 1. The van der Waals surface area contributed by atoms with E-state index in [0.717, 1.165) is 30.2 Å². The van der Waals surface area contributed by atoms with Gasteiger partial charge in [-0.25, -0.2) is 0 Å². The summed E-state index contributed by atoms with van der Waals surface area (Å²) >= 11 is 0. The molecule has 1 heteroatoms. The van der Waals surface area contributed by atoms with Gasteiger partial charge in [0.2, 0.25) is 0 Å². The van der Waals surface area contributed by atoms with E-state index in [1.165, 1.54) is 44.9 Å². The van der Waals surface area contributed by atoms with Crippen molar-refractivity contribution in [2.24, 2.45) is 17.8 Å². The molecule has 21 heavy (non-hydrogen) atoms. The van der Waals surface area contributed by atoms with Crippen molar-refractivity contribution in [3.63, 3.8) is 0 Å². The maximum absolute atomic E-state index is 3.87. The molecule has 3 fully saturated rings. The summed E-state index contributed by atoms with van der Waals surface area (Å²) in [6, 6.07) is 10.2. The molecule has 0 spiro atoms. The highest BCUT2D eigenvalue weighted by molar-refractivity contribution is 5.30. The van der Waals surface area contributed by atoms with E-state index in [4.69, 9.17) is 0 Å². The highest BCUT2D eigenvalue weighted by Gasteiger charge is 2.48. The quantitative estimate of drug-likeness (QED) is 0.771. The fraction of sp³-hybridized carbons (Fsp3) is 0.700. The Morgan fingerprint density at radius 2 is 1.95 bits per heavy atom. The molecule has 114 valence electrons. The summed E-state index contributed by atoms with van der Waals surface area (Å²) in [4.78, 5) is 0. The third-order valence-electron chi connectivity index (χ3n) is 6.21. The minimum absolute atomic E-state index is 0.609. The summed E-state index contributed by atoms with van der Waals surface area (Å²) in [5.41, 5.74) is 3.17. The van der Waals surface area contributed by atoms with Crippen LogP contribution in [0.3, 0.4) is 0 Å². The van der Waals surface area contributed by atoms with Crippen molar-refractivity contribution >= 4 is 0 Å². The molecule has 0 aliphatic heterocycles. The third-order valence-corrected chi connectivity index (χ3v) is 6.21. The molecule has 1 nitrogen and oxygen atoms in total. The van der Waals surface area contributed by atoms with Gasteiger partial charge in [0.1, 0.15) is 0 Å². The van der Waals surface area contributed by atoms with E-state index in [1.54, 1.807) is 11.1 Å². The second-order valence-electron chi connectivity index (χ2n) is 7.72. The van der Waals surface area contributed by atoms with Crippen LogP contribution < -0.4 is 5.32 Å². The van der Waals surface area contributed by atoms with Gasteiger partial charge in [-0.05, 0) is 79.9 Å². The van der Waals surface area contributed by atoms with Gasteiger partial charge in [0.25, 0.3) is 0 Å². The lowest BCUT2D eigenvalue weighted by molar-refractivity contribution is 0.341. The van der Waals surface area contributed by atoms with Gasteiger partial charge in [-0.2, -0.15) is 0 Å². The van der Waals surface area contributed by atoms with Crippen molar-refractivity contribution < 1.29 is 0 Å². The number of nitrogens with one attached hydrogen (secondary N) is 1. The first-order valence-electron chi connectivity index (χ1n) is 9.18. The van der Waals surface area contributed by atoms with E-state index in [1.807, 2.05) is 0 Å². The van der Waals surface area contributed by atoms with Gasteiger partial charge < -0.3 is 5.32 Å². The fourth-order valence-electron chi connectivity index (χ4n) is 4.64. The number of hydrogen-bond donors (Lipinski definition) is 1. The average Bonchev–Trinajstić information content (AvgIpc) is 3.05. The van der Waals surface area contributed by atoms with Crippen LogP contribution in [0.4, 0.5) is 0 Å². The number of fused-ring (bicyclic) bond motifs is 1. The molecule has 3 saturated carbocycles. The second-order valence-corrected chi connectivity index (χ2v) is 7.72. The second kappa shape index (κ2) is 5.76. The molecule has 0 bridgehead atoms. The first kappa shape index (κ1) is 13.8. The summed E-state index contributed by atoms with van der Waals surface area (Å²) < 4.78 is 0. The van der Waals surface area contributed by atoms with E-state index >= 15 is 0 Å². The Morgan fingerprint density at radius 1 is 1.14 bits per heavy atom. The fourth-order valence-corrected chi connectivity index (χ4v) is 4.64. The molecule has 1 aromatic carbocycles. The molecule has 3 aliphatic carbocycles. The van der Waals surface area contributed by atoms with Gasteiger partial charge in [-0.1, -0.05) is 37.6 Å². The minimum Gasteiger partial charge on any atom is -0.310 e. The lowest BCUT2D eigenvalue weighted by Gasteiger charge is -2.30.